The number of aliphatic hydroxyl groups is 1. The fourth-order valence-corrected chi connectivity index (χ4v) is 4.45. The van der Waals surface area contributed by atoms with E-state index in [0.717, 1.165) is 12.2 Å². The van der Waals surface area contributed by atoms with Gasteiger partial charge >= 0.3 is 0 Å². The number of fused-ring (bicyclic) bond motifs is 1. The molecular weight excluding hydrogens is 404 g/mol. The van der Waals surface area contributed by atoms with Crippen molar-refractivity contribution in [1.82, 2.24) is 9.97 Å². The van der Waals surface area contributed by atoms with Crippen LogP contribution in [-0.2, 0) is 14.2 Å². The third-order valence-electron chi connectivity index (χ3n) is 4.49. The van der Waals surface area contributed by atoms with Crippen LogP contribution in [-0.4, -0.2) is 56.8 Å². The molecule has 28 heavy (non-hydrogen) atoms. The zero-order valence-electron chi connectivity index (χ0n) is 16.9. The molecule has 158 valence electrons. The fourth-order valence-electron chi connectivity index (χ4n) is 3.53. The molecule has 10 heteroatoms. The van der Waals surface area contributed by atoms with Gasteiger partial charge < -0.3 is 30.4 Å². The van der Waals surface area contributed by atoms with Crippen molar-refractivity contribution in [2.75, 3.05) is 16.8 Å². The number of thioether (sulfide) groups is 1. The van der Waals surface area contributed by atoms with E-state index in [9.17, 15) is 5.11 Å². The van der Waals surface area contributed by atoms with Crippen LogP contribution in [0.4, 0.5) is 11.5 Å². The van der Waals surface area contributed by atoms with Crippen molar-refractivity contribution in [3.63, 3.8) is 0 Å². The zero-order valence-corrected chi connectivity index (χ0v) is 18.4. The molecule has 0 aromatic carbocycles. The normalized spacial score (nSPS) is 29.1. The van der Waals surface area contributed by atoms with Crippen molar-refractivity contribution in [2.24, 2.45) is 0 Å². The largest absolute Gasteiger partial charge is 0.393 e. The molecule has 2 fully saturated rings. The van der Waals surface area contributed by atoms with Crippen molar-refractivity contribution < 1.29 is 19.3 Å². The van der Waals surface area contributed by atoms with Crippen molar-refractivity contribution in [2.45, 2.75) is 88.5 Å². The molecule has 1 aliphatic carbocycles. The number of ether oxygens (including phenoxy) is 3. The maximum absolute atomic E-state index is 10.1. The van der Waals surface area contributed by atoms with Gasteiger partial charge in [-0.3, -0.25) is 0 Å². The molecule has 8 nitrogen and oxygen atoms in total. The summed E-state index contributed by atoms with van der Waals surface area (Å²) in [6.07, 6.45) is 0.639. The summed E-state index contributed by atoms with van der Waals surface area (Å²) < 4.78 is 18.0. The Balaban J connectivity index is 1.82. The van der Waals surface area contributed by atoms with E-state index in [4.69, 9.17) is 31.5 Å². The van der Waals surface area contributed by atoms with Gasteiger partial charge in [-0.1, -0.05) is 30.3 Å². The summed E-state index contributed by atoms with van der Waals surface area (Å²) in [7, 11) is 0. The summed E-state index contributed by atoms with van der Waals surface area (Å²) in [5.74, 6) is -0.657. The van der Waals surface area contributed by atoms with Crippen LogP contribution in [0.5, 0.6) is 0 Å². The van der Waals surface area contributed by atoms with Gasteiger partial charge in [0.15, 0.2) is 27.7 Å². The fraction of sp³-hybridized carbons (Fsp3) is 0.778. The molecule has 2 aliphatic rings. The smallest absolute Gasteiger partial charge is 0.191 e. The van der Waals surface area contributed by atoms with Gasteiger partial charge in [-0.25, -0.2) is 9.97 Å². The predicted octanol–water partition coefficient (Wildman–Crippen LogP) is 3.03. The molecular formula is C18H29ClN4O4S. The summed E-state index contributed by atoms with van der Waals surface area (Å²) in [5, 5.41) is 14.3. The Kier molecular flexibility index (Phi) is 6.34. The molecule has 1 aromatic heterocycles. The third-order valence-corrected chi connectivity index (χ3v) is 5.83. The van der Waals surface area contributed by atoms with E-state index in [1.54, 1.807) is 13.8 Å². The molecule has 1 saturated heterocycles. The Labute approximate surface area is 174 Å². The lowest BCUT2D eigenvalue weighted by atomic mass is 10.2. The second kappa shape index (κ2) is 8.12. The van der Waals surface area contributed by atoms with Gasteiger partial charge in [0.2, 0.25) is 0 Å². The lowest BCUT2D eigenvalue weighted by Gasteiger charge is -2.28. The molecule has 2 heterocycles. The van der Waals surface area contributed by atoms with Crippen LogP contribution in [0.25, 0.3) is 0 Å². The lowest BCUT2D eigenvalue weighted by Crippen LogP contribution is -2.37. The van der Waals surface area contributed by atoms with E-state index >= 15 is 0 Å². The number of hydrogen-bond donors (Lipinski definition) is 3. The Morgan fingerprint density at radius 3 is 2.68 bits per heavy atom. The van der Waals surface area contributed by atoms with Gasteiger partial charge in [0, 0.05) is 5.75 Å². The van der Waals surface area contributed by atoms with Crippen molar-refractivity contribution in [1.29, 1.82) is 0 Å². The molecule has 0 bridgehead atoms. The highest BCUT2D eigenvalue weighted by molar-refractivity contribution is 7.99. The summed E-state index contributed by atoms with van der Waals surface area (Å²) in [6, 6.07) is -0.170. The van der Waals surface area contributed by atoms with Crippen LogP contribution in [0.15, 0.2) is 5.16 Å². The maximum Gasteiger partial charge on any atom is 0.191 e. The van der Waals surface area contributed by atoms with E-state index in [0.29, 0.717) is 23.1 Å². The van der Waals surface area contributed by atoms with Gasteiger partial charge in [-0.15, -0.1) is 0 Å². The van der Waals surface area contributed by atoms with Crippen LogP contribution in [0.1, 0.15) is 47.5 Å². The van der Waals surface area contributed by atoms with Crippen LogP contribution in [0.2, 0.25) is 5.15 Å². The Bertz CT molecular complexity index is 716. The van der Waals surface area contributed by atoms with Gasteiger partial charge in [-0.2, -0.15) is 0 Å². The topological polar surface area (TPSA) is 112 Å². The van der Waals surface area contributed by atoms with Gasteiger partial charge in [0.25, 0.3) is 0 Å². The maximum atomic E-state index is 10.1. The minimum atomic E-state index is -1.28. The van der Waals surface area contributed by atoms with Crippen LogP contribution in [0, 0.1) is 0 Å². The first kappa shape index (κ1) is 21.9. The Morgan fingerprint density at radius 2 is 2.04 bits per heavy atom. The number of anilines is 2. The minimum Gasteiger partial charge on any atom is -0.393 e. The first-order chi connectivity index (χ1) is 13.0. The highest BCUT2D eigenvalue weighted by Gasteiger charge is 2.55. The number of halogens is 1. The number of nitrogens with two attached hydrogens (primary N) is 1. The van der Waals surface area contributed by atoms with E-state index in [-0.39, 0.29) is 29.5 Å². The zero-order chi connectivity index (χ0) is 20.7. The first-order valence-electron chi connectivity index (χ1n) is 9.47. The van der Waals surface area contributed by atoms with Crippen LogP contribution in [0.3, 0.4) is 0 Å². The SMILES string of the molecule is CCCSc1nc(Cl)c(N)c(NC2CC(OC(C)(C)O)C3OC(C)(C)OC23)n1. The molecule has 4 atom stereocenters. The lowest BCUT2D eigenvalue weighted by molar-refractivity contribution is -0.234. The number of nitrogens with one attached hydrogen (secondary N) is 1. The summed E-state index contributed by atoms with van der Waals surface area (Å²) in [4.78, 5) is 8.77. The quantitative estimate of drug-likeness (QED) is 0.259. The van der Waals surface area contributed by atoms with E-state index in [1.165, 1.54) is 11.8 Å². The minimum absolute atomic E-state index is 0.170. The number of nitrogens with zero attached hydrogens (tertiary/aromatic N) is 2. The molecule has 0 spiro atoms. The predicted molar refractivity (Wildman–Crippen MR) is 109 cm³/mol. The van der Waals surface area contributed by atoms with Crippen molar-refractivity contribution in [3.8, 4) is 0 Å². The molecule has 0 radical (unpaired) electrons. The monoisotopic (exact) mass is 432 g/mol. The molecule has 1 aliphatic heterocycles. The first-order valence-corrected chi connectivity index (χ1v) is 10.8. The van der Waals surface area contributed by atoms with Gasteiger partial charge in [0.05, 0.1) is 12.1 Å². The average Bonchev–Trinajstić information content (AvgIpc) is 3.03. The standard InChI is InChI=1S/C18H29ClN4O4S/c1-6-7-28-16-22-14(19)11(20)15(23-16)21-9-8-10(25-17(2,3)24)13-12(9)26-18(4,5)27-13/h9-10,12-13,24H,6-8,20H2,1-5H3,(H,21,22,23). The molecule has 0 amide bonds. The molecule has 4 N–H and O–H groups in total. The summed E-state index contributed by atoms with van der Waals surface area (Å²) in [5.41, 5.74) is 6.41. The van der Waals surface area contributed by atoms with Crippen molar-refractivity contribution >= 4 is 34.9 Å². The van der Waals surface area contributed by atoms with E-state index in [1.807, 2.05) is 13.8 Å². The second-order valence-corrected chi connectivity index (χ2v) is 9.48. The number of hydrogen-bond acceptors (Lipinski definition) is 9. The van der Waals surface area contributed by atoms with Gasteiger partial charge in [-0.05, 0) is 40.5 Å². The van der Waals surface area contributed by atoms with Crippen LogP contribution < -0.4 is 11.1 Å². The van der Waals surface area contributed by atoms with Crippen molar-refractivity contribution in [3.05, 3.63) is 5.15 Å². The molecule has 3 rings (SSSR count). The summed E-state index contributed by atoms with van der Waals surface area (Å²) >= 11 is 7.74. The highest BCUT2D eigenvalue weighted by Crippen LogP contribution is 2.42. The van der Waals surface area contributed by atoms with Gasteiger partial charge in [0.1, 0.15) is 17.9 Å². The van der Waals surface area contributed by atoms with E-state index in [2.05, 4.69) is 22.2 Å². The molecule has 1 aromatic rings. The Morgan fingerprint density at radius 1 is 1.36 bits per heavy atom. The second-order valence-electron chi connectivity index (χ2n) is 8.06. The molecule has 1 saturated carbocycles. The number of aromatic nitrogens is 2. The van der Waals surface area contributed by atoms with E-state index < -0.39 is 11.6 Å². The van der Waals surface area contributed by atoms with Crippen LogP contribution >= 0.6 is 23.4 Å². The Hall–Kier alpha value is -0.840. The number of rotatable bonds is 7. The highest BCUT2D eigenvalue weighted by atomic mass is 35.5. The number of nitrogen functional groups attached to an aromatic ring is 1. The average molecular weight is 433 g/mol. The third kappa shape index (κ3) is 5.01. The summed E-state index contributed by atoms with van der Waals surface area (Å²) in [6.45, 7) is 9.01. The molecule has 4 unspecified atom stereocenters.